The van der Waals surface area contributed by atoms with Gasteiger partial charge in [0, 0.05) is 11.4 Å². The molecule has 0 fully saturated rings. The number of terminal acetylenes is 1. The molecule has 2 heteroatoms. The van der Waals surface area contributed by atoms with Crippen LogP contribution in [0.15, 0.2) is 24.1 Å². The topological polar surface area (TPSA) is 12.0 Å². The molecule has 0 atom stereocenters. The van der Waals surface area contributed by atoms with E-state index >= 15 is 0 Å². The Kier molecular flexibility index (Phi) is 3.59. The van der Waals surface area contributed by atoms with Crippen molar-refractivity contribution in [3.05, 3.63) is 29.0 Å². The minimum atomic E-state index is 0.602. The minimum Gasteiger partial charge on any atom is -0.302 e. The van der Waals surface area contributed by atoms with Crippen LogP contribution >= 0.6 is 11.3 Å². The highest BCUT2D eigenvalue weighted by atomic mass is 32.1. The summed E-state index contributed by atoms with van der Waals surface area (Å²) >= 11 is 1.70. The van der Waals surface area contributed by atoms with Crippen molar-refractivity contribution in [1.82, 2.24) is 5.32 Å². The van der Waals surface area contributed by atoms with E-state index in [-0.39, 0.29) is 0 Å². The van der Waals surface area contributed by atoms with Gasteiger partial charge in [-0.25, -0.2) is 0 Å². The van der Waals surface area contributed by atoms with Gasteiger partial charge < -0.3 is 5.32 Å². The third-order valence-corrected chi connectivity index (χ3v) is 2.41. The van der Waals surface area contributed by atoms with Gasteiger partial charge in [-0.1, -0.05) is 18.6 Å². The van der Waals surface area contributed by atoms with Crippen molar-refractivity contribution in [2.45, 2.75) is 0 Å². The van der Waals surface area contributed by atoms with Crippen molar-refractivity contribution in [1.29, 1.82) is 0 Å². The van der Waals surface area contributed by atoms with Crippen LogP contribution in [-0.4, -0.2) is 13.1 Å². The van der Waals surface area contributed by atoms with Crippen LogP contribution in [0.5, 0.6) is 0 Å². The van der Waals surface area contributed by atoms with Crippen LogP contribution in [0, 0.1) is 12.3 Å². The molecule has 0 bridgehead atoms. The molecule has 1 nitrogen and oxygen atoms in total. The Balaban J connectivity index is 2.36. The lowest BCUT2D eigenvalue weighted by Gasteiger charge is -2.01. The second kappa shape index (κ2) is 4.76. The van der Waals surface area contributed by atoms with E-state index < -0.39 is 0 Å². The average Bonchev–Trinajstić information content (AvgIpc) is 2.56. The monoisotopic (exact) mass is 177 g/mol. The van der Waals surface area contributed by atoms with Gasteiger partial charge in [0.2, 0.25) is 0 Å². The van der Waals surface area contributed by atoms with Gasteiger partial charge in [-0.15, -0.1) is 17.8 Å². The molecule has 62 valence electrons. The van der Waals surface area contributed by atoms with Gasteiger partial charge in [-0.2, -0.15) is 0 Å². The Morgan fingerprint density at radius 1 is 1.75 bits per heavy atom. The van der Waals surface area contributed by atoms with Crippen molar-refractivity contribution in [2.75, 3.05) is 13.1 Å². The normalized spacial score (nSPS) is 9.25. The Labute approximate surface area is 77.1 Å². The summed E-state index contributed by atoms with van der Waals surface area (Å²) in [5.74, 6) is 2.52. The average molecular weight is 177 g/mol. The molecule has 0 aliphatic heterocycles. The van der Waals surface area contributed by atoms with Crippen LogP contribution in [0.2, 0.25) is 0 Å². The highest BCUT2D eigenvalue weighted by Gasteiger charge is 1.97. The lowest BCUT2D eigenvalue weighted by molar-refractivity contribution is 0.869. The Bertz CT molecular complexity index is 279. The van der Waals surface area contributed by atoms with Gasteiger partial charge in [0.15, 0.2) is 0 Å². The van der Waals surface area contributed by atoms with E-state index in [1.807, 2.05) is 11.4 Å². The molecule has 0 spiro atoms. The maximum absolute atomic E-state index is 5.09. The largest absolute Gasteiger partial charge is 0.302 e. The SMILES string of the molecule is C#CCNCC(=C)c1cccs1. The van der Waals surface area contributed by atoms with Gasteiger partial charge in [0.1, 0.15) is 0 Å². The molecule has 0 unspecified atom stereocenters. The van der Waals surface area contributed by atoms with Crippen LogP contribution in [0.1, 0.15) is 4.88 Å². The molecule has 0 aliphatic rings. The summed E-state index contributed by atoms with van der Waals surface area (Å²) in [6.07, 6.45) is 5.09. The van der Waals surface area contributed by atoms with Gasteiger partial charge in [-0.3, -0.25) is 0 Å². The van der Waals surface area contributed by atoms with Gasteiger partial charge >= 0.3 is 0 Å². The van der Waals surface area contributed by atoms with Crippen molar-refractivity contribution in [3.8, 4) is 12.3 Å². The fourth-order valence-electron chi connectivity index (χ4n) is 0.852. The molecule has 0 saturated carbocycles. The van der Waals surface area contributed by atoms with E-state index in [4.69, 9.17) is 6.42 Å². The molecule has 1 N–H and O–H groups in total. The predicted molar refractivity (Wildman–Crippen MR) is 55.1 cm³/mol. The van der Waals surface area contributed by atoms with Gasteiger partial charge in [0.25, 0.3) is 0 Å². The summed E-state index contributed by atoms with van der Waals surface area (Å²) in [4.78, 5) is 1.22. The highest BCUT2D eigenvalue weighted by Crippen LogP contribution is 2.16. The van der Waals surface area contributed by atoms with Crippen LogP contribution in [-0.2, 0) is 0 Å². The second-order valence-electron chi connectivity index (χ2n) is 2.39. The molecule has 0 aromatic carbocycles. The number of hydrogen-bond donors (Lipinski definition) is 1. The first-order valence-electron chi connectivity index (χ1n) is 3.70. The summed E-state index contributed by atoms with van der Waals surface area (Å²) in [5, 5.41) is 5.14. The molecule has 1 rings (SSSR count). The van der Waals surface area contributed by atoms with Gasteiger partial charge in [0.05, 0.1) is 6.54 Å². The quantitative estimate of drug-likeness (QED) is 0.548. The molecule has 12 heavy (non-hydrogen) atoms. The Hall–Kier alpha value is -1.04. The molecular weight excluding hydrogens is 166 g/mol. The summed E-state index contributed by atoms with van der Waals surface area (Å²) < 4.78 is 0. The zero-order chi connectivity index (χ0) is 8.81. The summed E-state index contributed by atoms with van der Waals surface area (Å²) in [7, 11) is 0. The molecular formula is C10H11NS. The van der Waals surface area contributed by atoms with E-state index in [1.165, 1.54) is 4.88 Å². The Morgan fingerprint density at radius 3 is 3.17 bits per heavy atom. The van der Waals surface area contributed by atoms with E-state index in [2.05, 4.69) is 23.9 Å². The Morgan fingerprint density at radius 2 is 2.58 bits per heavy atom. The van der Waals surface area contributed by atoms with Crippen molar-refractivity contribution in [2.24, 2.45) is 0 Å². The summed E-state index contributed by atoms with van der Waals surface area (Å²) in [6, 6.07) is 4.08. The number of nitrogens with one attached hydrogen (secondary N) is 1. The van der Waals surface area contributed by atoms with Crippen molar-refractivity contribution in [3.63, 3.8) is 0 Å². The molecule has 0 aliphatic carbocycles. The smallest absolute Gasteiger partial charge is 0.0576 e. The standard InChI is InChI=1S/C10H11NS/c1-3-6-11-8-9(2)10-5-4-7-12-10/h1,4-5,7,11H,2,6,8H2. The van der Waals surface area contributed by atoms with Crippen LogP contribution < -0.4 is 5.32 Å². The van der Waals surface area contributed by atoms with E-state index in [0.717, 1.165) is 12.1 Å². The molecule has 1 aromatic rings. The molecule has 0 amide bonds. The first-order chi connectivity index (χ1) is 5.84. The third kappa shape index (κ3) is 2.54. The van der Waals surface area contributed by atoms with Crippen LogP contribution in [0.25, 0.3) is 5.57 Å². The molecule has 1 heterocycles. The lowest BCUT2D eigenvalue weighted by Crippen LogP contribution is -2.15. The van der Waals surface area contributed by atoms with E-state index in [1.54, 1.807) is 11.3 Å². The molecule has 0 radical (unpaired) electrons. The first kappa shape index (κ1) is 9.05. The lowest BCUT2D eigenvalue weighted by atomic mass is 10.2. The van der Waals surface area contributed by atoms with Crippen LogP contribution in [0.3, 0.4) is 0 Å². The van der Waals surface area contributed by atoms with Gasteiger partial charge in [-0.05, 0) is 17.0 Å². The zero-order valence-corrected chi connectivity index (χ0v) is 7.66. The zero-order valence-electron chi connectivity index (χ0n) is 6.84. The third-order valence-electron chi connectivity index (χ3n) is 1.44. The highest BCUT2D eigenvalue weighted by molar-refractivity contribution is 7.11. The van der Waals surface area contributed by atoms with E-state index in [9.17, 15) is 0 Å². The number of rotatable bonds is 4. The first-order valence-corrected chi connectivity index (χ1v) is 4.58. The summed E-state index contributed by atoms with van der Waals surface area (Å²) in [5.41, 5.74) is 1.10. The predicted octanol–water partition coefficient (Wildman–Crippen LogP) is 1.98. The maximum atomic E-state index is 5.09. The maximum Gasteiger partial charge on any atom is 0.0576 e. The van der Waals surface area contributed by atoms with Crippen molar-refractivity contribution < 1.29 is 0 Å². The summed E-state index contributed by atoms with van der Waals surface area (Å²) in [6.45, 7) is 5.32. The fraction of sp³-hybridized carbons (Fsp3) is 0.200. The number of thiophene rings is 1. The van der Waals surface area contributed by atoms with Crippen molar-refractivity contribution >= 4 is 16.9 Å². The number of hydrogen-bond acceptors (Lipinski definition) is 2. The fourth-order valence-corrected chi connectivity index (χ4v) is 1.55. The molecule has 1 aromatic heterocycles. The second-order valence-corrected chi connectivity index (χ2v) is 3.34. The molecule has 0 saturated heterocycles. The van der Waals surface area contributed by atoms with Crippen LogP contribution in [0.4, 0.5) is 0 Å². The minimum absolute atomic E-state index is 0.602. The van der Waals surface area contributed by atoms with E-state index in [0.29, 0.717) is 6.54 Å².